The molecule has 4 nitrogen and oxygen atoms in total. The van der Waals surface area contributed by atoms with Crippen molar-refractivity contribution in [3.05, 3.63) is 52.9 Å². The monoisotopic (exact) mass is 289 g/mol. The highest BCUT2D eigenvalue weighted by Crippen LogP contribution is 2.19. The summed E-state index contributed by atoms with van der Waals surface area (Å²) >= 11 is 1.53. The fourth-order valence-electron chi connectivity index (χ4n) is 1.84. The van der Waals surface area contributed by atoms with Crippen molar-refractivity contribution < 1.29 is 4.52 Å². The average molecular weight is 289 g/mol. The molecule has 0 aliphatic carbocycles. The summed E-state index contributed by atoms with van der Waals surface area (Å²) in [6, 6.07) is 10.3. The van der Waals surface area contributed by atoms with E-state index in [0.717, 1.165) is 29.2 Å². The van der Waals surface area contributed by atoms with E-state index in [1.807, 2.05) is 32.0 Å². The summed E-state index contributed by atoms with van der Waals surface area (Å²) < 4.78 is 5.12. The lowest BCUT2D eigenvalue weighted by Crippen LogP contribution is -2.08. The largest absolute Gasteiger partial charge is 0.379 e. The number of aryl methyl sites for hydroxylation is 2. The van der Waals surface area contributed by atoms with Gasteiger partial charge in [-0.05, 0) is 25.8 Å². The lowest BCUT2D eigenvalue weighted by atomic mass is 10.2. The molecule has 1 aromatic carbocycles. The van der Waals surface area contributed by atoms with Crippen LogP contribution in [0.2, 0.25) is 0 Å². The van der Waals surface area contributed by atoms with Gasteiger partial charge in [0.25, 0.3) is 0 Å². The molecular formula is C15H19N3OS. The van der Waals surface area contributed by atoms with Crippen molar-refractivity contribution in [3.8, 4) is 0 Å². The zero-order valence-corrected chi connectivity index (χ0v) is 12.6. The van der Waals surface area contributed by atoms with E-state index in [1.165, 1.54) is 17.3 Å². The molecule has 1 aromatic heterocycles. The summed E-state index contributed by atoms with van der Waals surface area (Å²) in [5.41, 5.74) is 9.22. The first-order chi connectivity index (χ1) is 9.66. The van der Waals surface area contributed by atoms with Gasteiger partial charge in [0.15, 0.2) is 5.17 Å². The maximum atomic E-state index is 5.92. The van der Waals surface area contributed by atoms with Gasteiger partial charge in [-0.1, -0.05) is 47.3 Å². The Bertz CT molecular complexity index is 559. The Hall–Kier alpha value is -1.75. The minimum Gasteiger partial charge on any atom is -0.379 e. The van der Waals surface area contributed by atoms with E-state index >= 15 is 0 Å². The Labute approximate surface area is 123 Å². The lowest BCUT2D eigenvalue weighted by Gasteiger charge is -2.01. The average Bonchev–Trinajstić information content (AvgIpc) is 2.77. The molecule has 0 bridgehead atoms. The molecule has 2 N–H and O–H groups in total. The molecule has 1 heterocycles. The van der Waals surface area contributed by atoms with Crippen molar-refractivity contribution in [2.24, 2.45) is 10.7 Å². The Morgan fingerprint density at radius 3 is 2.70 bits per heavy atom. The number of aliphatic imine (C=N–C) groups is 1. The highest BCUT2D eigenvalue weighted by atomic mass is 32.2. The van der Waals surface area contributed by atoms with Crippen LogP contribution in [0.5, 0.6) is 0 Å². The predicted octanol–water partition coefficient (Wildman–Crippen LogP) is 3.08. The van der Waals surface area contributed by atoms with Crippen LogP contribution in [0.3, 0.4) is 0 Å². The van der Waals surface area contributed by atoms with Gasteiger partial charge >= 0.3 is 0 Å². The maximum Gasteiger partial charge on any atom is 0.154 e. The summed E-state index contributed by atoms with van der Waals surface area (Å²) in [6.07, 6.45) is 0.910. The molecule has 0 unspecified atom stereocenters. The quantitative estimate of drug-likeness (QED) is 0.678. The minimum atomic E-state index is 0.612. The van der Waals surface area contributed by atoms with Gasteiger partial charge in [-0.2, -0.15) is 0 Å². The van der Waals surface area contributed by atoms with Crippen molar-refractivity contribution in [1.82, 2.24) is 5.16 Å². The molecule has 0 fully saturated rings. The van der Waals surface area contributed by atoms with Crippen LogP contribution in [0.25, 0.3) is 0 Å². The molecule has 5 heteroatoms. The highest BCUT2D eigenvalue weighted by Gasteiger charge is 2.09. The standard InChI is InChI=1S/C15H19N3OS/c1-11-14(12(2)19-18-11)10-20-15(16)17-9-8-13-6-4-3-5-7-13/h3-7H,8-10H2,1-2H3,(H2,16,17). The fourth-order valence-corrected chi connectivity index (χ4v) is 2.73. The molecule has 106 valence electrons. The van der Waals surface area contributed by atoms with Gasteiger partial charge < -0.3 is 10.3 Å². The van der Waals surface area contributed by atoms with Gasteiger partial charge in [0.05, 0.1) is 5.69 Å². The summed E-state index contributed by atoms with van der Waals surface area (Å²) in [5, 5.41) is 4.54. The third-order valence-corrected chi connectivity index (χ3v) is 3.91. The van der Waals surface area contributed by atoms with Crippen LogP contribution in [-0.2, 0) is 12.2 Å². The van der Waals surface area contributed by atoms with E-state index in [-0.39, 0.29) is 0 Å². The zero-order chi connectivity index (χ0) is 14.4. The molecule has 0 saturated heterocycles. The number of hydrogen-bond donors (Lipinski definition) is 1. The second-order valence-electron chi connectivity index (χ2n) is 4.55. The topological polar surface area (TPSA) is 64.4 Å². The van der Waals surface area contributed by atoms with Gasteiger partial charge in [0, 0.05) is 17.9 Å². The number of thioether (sulfide) groups is 1. The third kappa shape index (κ3) is 4.13. The molecule has 0 aliphatic heterocycles. The SMILES string of the molecule is Cc1noc(C)c1CSC(N)=NCCc1ccccc1. The molecule has 0 radical (unpaired) electrons. The smallest absolute Gasteiger partial charge is 0.154 e. The fraction of sp³-hybridized carbons (Fsp3) is 0.333. The van der Waals surface area contributed by atoms with Gasteiger partial charge in [-0.25, -0.2) is 0 Å². The number of rotatable bonds is 5. The van der Waals surface area contributed by atoms with E-state index < -0.39 is 0 Å². The van der Waals surface area contributed by atoms with Crippen molar-refractivity contribution in [2.75, 3.05) is 6.54 Å². The first-order valence-electron chi connectivity index (χ1n) is 6.55. The predicted molar refractivity (Wildman–Crippen MR) is 83.9 cm³/mol. The maximum absolute atomic E-state index is 5.92. The van der Waals surface area contributed by atoms with Crippen LogP contribution < -0.4 is 5.73 Å². The van der Waals surface area contributed by atoms with E-state index in [0.29, 0.717) is 11.7 Å². The van der Waals surface area contributed by atoms with Crippen molar-refractivity contribution in [2.45, 2.75) is 26.0 Å². The first-order valence-corrected chi connectivity index (χ1v) is 7.54. The Morgan fingerprint density at radius 1 is 1.30 bits per heavy atom. The van der Waals surface area contributed by atoms with E-state index in [4.69, 9.17) is 10.3 Å². The van der Waals surface area contributed by atoms with Crippen LogP contribution in [-0.4, -0.2) is 16.9 Å². The minimum absolute atomic E-state index is 0.612. The summed E-state index contributed by atoms with van der Waals surface area (Å²) in [7, 11) is 0. The molecule has 0 amide bonds. The summed E-state index contributed by atoms with van der Waals surface area (Å²) in [5.74, 6) is 1.61. The van der Waals surface area contributed by atoms with Crippen LogP contribution in [0.15, 0.2) is 39.8 Å². The molecule has 0 saturated carbocycles. The van der Waals surface area contributed by atoms with E-state index in [9.17, 15) is 0 Å². The normalized spacial score (nSPS) is 11.8. The highest BCUT2D eigenvalue weighted by molar-refractivity contribution is 8.13. The van der Waals surface area contributed by atoms with Crippen LogP contribution in [0.1, 0.15) is 22.6 Å². The number of nitrogens with zero attached hydrogens (tertiary/aromatic N) is 2. The molecular weight excluding hydrogens is 270 g/mol. The molecule has 2 aromatic rings. The number of hydrogen-bond acceptors (Lipinski definition) is 4. The molecule has 20 heavy (non-hydrogen) atoms. The third-order valence-electron chi connectivity index (χ3n) is 3.06. The van der Waals surface area contributed by atoms with Gasteiger partial charge in [-0.3, -0.25) is 4.99 Å². The summed E-state index contributed by atoms with van der Waals surface area (Å²) in [4.78, 5) is 4.38. The lowest BCUT2D eigenvalue weighted by molar-refractivity contribution is 0.392. The molecule has 0 aliphatic rings. The van der Waals surface area contributed by atoms with Crippen molar-refractivity contribution >= 4 is 16.9 Å². The van der Waals surface area contributed by atoms with Gasteiger partial charge in [-0.15, -0.1) is 0 Å². The van der Waals surface area contributed by atoms with Gasteiger partial charge in [0.1, 0.15) is 5.76 Å². The second kappa shape index (κ2) is 7.14. The van der Waals surface area contributed by atoms with Crippen LogP contribution in [0.4, 0.5) is 0 Å². The molecule has 0 spiro atoms. The molecule has 2 rings (SSSR count). The van der Waals surface area contributed by atoms with E-state index in [1.54, 1.807) is 0 Å². The Morgan fingerprint density at radius 2 is 2.05 bits per heavy atom. The van der Waals surface area contributed by atoms with Crippen LogP contribution >= 0.6 is 11.8 Å². The zero-order valence-electron chi connectivity index (χ0n) is 11.8. The molecule has 0 atom stereocenters. The number of aromatic nitrogens is 1. The van der Waals surface area contributed by atoms with Crippen molar-refractivity contribution in [1.29, 1.82) is 0 Å². The Balaban J connectivity index is 1.80. The van der Waals surface area contributed by atoms with E-state index in [2.05, 4.69) is 22.3 Å². The van der Waals surface area contributed by atoms with Crippen LogP contribution in [0, 0.1) is 13.8 Å². The summed E-state index contributed by atoms with van der Waals surface area (Å²) in [6.45, 7) is 4.57. The number of amidine groups is 1. The first kappa shape index (κ1) is 14.7. The van der Waals surface area contributed by atoms with Gasteiger partial charge in [0.2, 0.25) is 0 Å². The van der Waals surface area contributed by atoms with Crippen molar-refractivity contribution in [3.63, 3.8) is 0 Å². The second-order valence-corrected chi connectivity index (χ2v) is 5.54. The number of nitrogens with two attached hydrogens (primary N) is 1. The number of benzene rings is 1. The Kier molecular flexibility index (Phi) is 5.24.